The summed E-state index contributed by atoms with van der Waals surface area (Å²) in [6.07, 6.45) is 0. The normalized spacial score (nSPS) is 11.5. The molecule has 0 aliphatic carbocycles. The van der Waals surface area contributed by atoms with Crippen molar-refractivity contribution >= 4 is 27.6 Å². The topological polar surface area (TPSA) is 59.6 Å². The number of aliphatic imine (C=N–C) groups is 1. The minimum absolute atomic E-state index is 0.264. The molecule has 0 saturated carbocycles. The van der Waals surface area contributed by atoms with Crippen LogP contribution in [0, 0.1) is 5.82 Å². The number of hydrogen-bond donors (Lipinski definition) is 2. The molecule has 0 spiro atoms. The molecule has 3 N–H and O–H groups in total. The van der Waals surface area contributed by atoms with Gasteiger partial charge in [-0.1, -0.05) is 34.1 Å². The van der Waals surface area contributed by atoms with E-state index < -0.39 is 0 Å². The Bertz CT molecular complexity index is 676. The SMILES string of the molecule is COCc1ccccc1NC(N)=NCc1cc(F)ccc1Br. The second-order valence-electron chi connectivity index (χ2n) is 4.65. The molecule has 0 aliphatic rings. The van der Waals surface area contributed by atoms with Crippen molar-refractivity contribution in [3.8, 4) is 0 Å². The molecule has 0 amide bonds. The third-order valence-electron chi connectivity index (χ3n) is 3.01. The quantitative estimate of drug-likeness (QED) is 0.627. The van der Waals surface area contributed by atoms with Gasteiger partial charge in [-0.05, 0) is 29.8 Å². The summed E-state index contributed by atoms with van der Waals surface area (Å²) in [5.41, 5.74) is 8.45. The predicted octanol–water partition coefficient (Wildman–Crippen LogP) is 3.66. The fraction of sp³-hybridized carbons (Fsp3) is 0.188. The monoisotopic (exact) mass is 365 g/mol. The van der Waals surface area contributed by atoms with Crippen molar-refractivity contribution in [3.05, 3.63) is 63.9 Å². The number of halogens is 2. The van der Waals surface area contributed by atoms with Crippen molar-refractivity contribution in [1.29, 1.82) is 0 Å². The zero-order valence-corrected chi connectivity index (χ0v) is 13.7. The van der Waals surface area contributed by atoms with E-state index in [2.05, 4.69) is 26.2 Å². The van der Waals surface area contributed by atoms with Crippen molar-refractivity contribution in [3.63, 3.8) is 0 Å². The molecule has 0 unspecified atom stereocenters. The van der Waals surface area contributed by atoms with Gasteiger partial charge >= 0.3 is 0 Å². The Kier molecular flexibility index (Phi) is 5.91. The van der Waals surface area contributed by atoms with E-state index in [0.717, 1.165) is 21.3 Å². The van der Waals surface area contributed by atoms with E-state index in [4.69, 9.17) is 10.5 Å². The second-order valence-corrected chi connectivity index (χ2v) is 5.51. The highest BCUT2D eigenvalue weighted by Crippen LogP contribution is 2.19. The van der Waals surface area contributed by atoms with Crippen molar-refractivity contribution in [2.24, 2.45) is 10.7 Å². The molecule has 0 atom stereocenters. The van der Waals surface area contributed by atoms with Crippen LogP contribution >= 0.6 is 15.9 Å². The number of para-hydroxylation sites is 1. The van der Waals surface area contributed by atoms with Crippen molar-refractivity contribution in [2.75, 3.05) is 12.4 Å². The van der Waals surface area contributed by atoms with Crippen LogP contribution in [-0.4, -0.2) is 13.1 Å². The molecule has 0 aliphatic heterocycles. The lowest BCUT2D eigenvalue weighted by Crippen LogP contribution is -2.23. The number of nitrogens with two attached hydrogens (primary N) is 1. The highest BCUT2D eigenvalue weighted by molar-refractivity contribution is 9.10. The minimum Gasteiger partial charge on any atom is -0.380 e. The van der Waals surface area contributed by atoms with Crippen LogP contribution in [-0.2, 0) is 17.9 Å². The van der Waals surface area contributed by atoms with Crippen LogP contribution in [0.5, 0.6) is 0 Å². The number of benzene rings is 2. The highest BCUT2D eigenvalue weighted by Gasteiger charge is 2.04. The molecular formula is C16H17BrFN3O. The molecule has 0 bridgehead atoms. The van der Waals surface area contributed by atoms with E-state index in [0.29, 0.717) is 6.61 Å². The number of nitrogens with zero attached hydrogens (tertiary/aromatic N) is 1. The van der Waals surface area contributed by atoms with Gasteiger partial charge in [0.1, 0.15) is 5.82 Å². The summed E-state index contributed by atoms with van der Waals surface area (Å²) in [6, 6.07) is 12.1. The van der Waals surface area contributed by atoms with Gasteiger partial charge in [0.15, 0.2) is 5.96 Å². The second kappa shape index (κ2) is 7.91. The van der Waals surface area contributed by atoms with E-state index in [9.17, 15) is 4.39 Å². The number of nitrogens with one attached hydrogen (secondary N) is 1. The standard InChI is InChI=1S/C16H17BrFN3O/c1-22-10-11-4-2-3-5-15(11)21-16(19)20-9-12-8-13(18)6-7-14(12)17/h2-8H,9-10H2,1H3,(H3,19,20,21). The first-order chi connectivity index (χ1) is 10.6. The van der Waals surface area contributed by atoms with Crippen LogP contribution in [0.15, 0.2) is 51.9 Å². The van der Waals surface area contributed by atoms with Gasteiger partial charge in [0.2, 0.25) is 0 Å². The highest BCUT2D eigenvalue weighted by atomic mass is 79.9. The van der Waals surface area contributed by atoms with Crippen LogP contribution < -0.4 is 11.1 Å². The predicted molar refractivity (Wildman–Crippen MR) is 90.2 cm³/mol. The number of ether oxygens (including phenoxy) is 1. The Morgan fingerprint density at radius 1 is 1.27 bits per heavy atom. The van der Waals surface area contributed by atoms with Gasteiger partial charge in [0.25, 0.3) is 0 Å². The fourth-order valence-corrected chi connectivity index (χ4v) is 2.31. The van der Waals surface area contributed by atoms with Crippen LogP contribution in [0.2, 0.25) is 0 Å². The molecule has 6 heteroatoms. The van der Waals surface area contributed by atoms with E-state index in [1.807, 2.05) is 24.3 Å². The molecule has 0 heterocycles. The van der Waals surface area contributed by atoms with Gasteiger partial charge in [-0.2, -0.15) is 0 Å². The summed E-state index contributed by atoms with van der Waals surface area (Å²) in [6.45, 7) is 0.759. The summed E-state index contributed by atoms with van der Waals surface area (Å²) >= 11 is 3.37. The Morgan fingerprint density at radius 2 is 2.05 bits per heavy atom. The minimum atomic E-state index is -0.301. The lowest BCUT2D eigenvalue weighted by Gasteiger charge is -2.11. The average Bonchev–Trinajstić information content (AvgIpc) is 2.50. The van der Waals surface area contributed by atoms with E-state index in [-0.39, 0.29) is 18.3 Å². The molecule has 0 aromatic heterocycles. The largest absolute Gasteiger partial charge is 0.380 e. The maximum absolute atomic E-state index is 13.2. The Balaban J connectivity index is 2.08. The number of methoxy groups -OCH3 is 1. The van der Waals surface area contributed by atoms with Crippen LogP contribution in [0.3, 0.4) is 0 Å². The number of anilines is 1. The Hall–Kier alpha value is -1.92. The number of guanidine groups is 1. The molecule has 2 rings (SSSR count). The summed E-state index contributed by atoms with van der Waals surface area (Å²) in [5, 5.41) is 3.04. The molecule has 116 valence electrons. The molecular weight excluding hydrogens is 349 g/mol. The molecule has 2 aromatic carbocycles. The van der Waals surface area contributed by atoms with Crippen molar-refractivity contribution in [1.82, 2.24) is 0 Å². The summed E-state index contributed by atoms with van der Waals surface area (Å²) < 4.78 is 19.2. The van der Waals surface area contributed by atoms with Gasteiger partial charge < -0.3 is 15.8 Å². The van der Waals surface area contributed by atoms with Gasteiger partial charge in [-0.25, -0.2) is 9.38 Å². The van der Waals surface area contributed by atoms with Crippen LogP contribution in [0.4, 0.5) is 10.1 Å². The lowest BCUT2D eigenvalue weighted by atomic mass is 10.2. The van der Waals surface area contributed by atoms with Crippen LogP contribution in [0.25, 0.3) is 0 Å². The molecule has 4 nitrogen and oxygen atoms in total. The maximum Gasteiger partial charge on any atom is 0.193 e. The van der Waals surface area contributed by atoms with Crippen LogP contribution in [0.1, 0.15) is 11.1 Å². The maximum atomic E-state index is 13.2. The van der Waals surface area contributed by atoms with E-state index in [1.165, 1.54) is 12.1 Å². The summed E-state index contributed by atoms with van der Waals surface area (Å²) in [4.78, 5) is 4.24. The summed E-state index contributed by atoms with van der Waals surface area (Å²) in [5.74, 6) is -0.0370. The first-order valence-electron chi connectivity index (χ1n) is 6.68. The van der Waals surface area contributed by atoms with Gasteiger partial charge in [0, 0.05) is 22.8 Å². The zero-order chi connectivity index (χ0) is 15.9. The van der Waals surface area contributed by atoms with E-state index >= 15 is 0 Å². The Labute approximate surface area is 137 Å². The molecule has 0 radical (unpaired) electrons. The molecule has 2 aromatic rings. The van der Waals surface area contributed by atoms with Gasteiger partial charge in [-0.3, -0.25) is 0 Å². The first kappa shape index (κ1) is 16.5. The van der Waals surface area contributed by atoms with Crippen molar-refractivity contribution in [2.45, 2.75) is 13.2 Å². The Morgan fingerprint density at radius 3 is 2.82 bits per heavy atom. The van der Waals surface area contributed by atoms with Crippen molar-refractivity contribution < 1.29 is 9.13 Å². The van der Waals surface area contributed by atoms with Gasteiger partial charge in [-0.15, -0.1) is 0 Å². The number of rotatable bonds is 5. The third-order valence-corrected chi connectivity index (χ3v) is 3.78. The number of hydrogen-bond acceptors (Lipinski definition) is 2. The first-order valence-corrected chi connectivity index (χ1v) is 7.47. The molecule has 0 fully saturated rings. The zero-order valence-electron chi connectivity index (χ0n) is 12.1. The molecule has 22 heavy (non-hydrogen) atoms. The molecule has 0 saturated heterocycles. The third kappa shape index (κ3) is 4.54. The fourth-order valence-electron chi connectivity index (χ4n) is 1.94. The van der Waals surface area contributed by atoms with E-state index in [1.54, 1.807) is 13.2 Å². The van der Waals surface area contributed by atoms with Gasteiger partial charge in [0.05, 0.1) is 13.2 Å². The summed E-state index contributed by atoms with van der Waals surface area (Å²) in [7, 11) is 1.63. The average molecular weight is 366 g/mol. The smallest absolute Gasteiger partial charge is 0.193 e. The lowest BCUT2D eigenvalue weighted by molar-refractivity contribution is 0.185.